The number of carbonyl (C=O) groups is 4. The summed E-state index contributed by atoms with van der Waals surface area (Å²) in [6, 6.07) is 5.78. The van der Waals surface area contributed by atoms with Crippen LogP contribution in [0.2, 0.25) is 5.02 Å². The van der Waals surface area contributed by atoms with Crippen LogP contribution in [0.15, 0.2) is 34.3 Å². The highest BCUT2D eigenvalue weighted by molar-refractivity contribution is 6.39. The number of hydrogen-bond donors (Lipinski definition) is 8. The Labute approximate surface area is 332 Å². The molecule has 1 heterocycles. The second-order valence-corrected chi connectivity index (χ2v) is 15.4. The molecule has 2 aliphatic rings. The number of nitrogens with one attached hydrogen (secondary N) is 4. The summed E-state index contributed by atoms with van der Waals surface area (Å²) in [4.78, 5) is 61.6. The minimum absolute atomic E-state index is 0.0556. The lowest BCUT2D eigenvalue weighted by Crippen LogP contribution is -2.60. The van der Waals surface area contributed by atoms with E-state index in [1.165, 1.54) is 25.7 Å². The van der Waals surface area contributed by atoms with Crippen molar-refractivity contribution in [2.24, 2.45) is 32.9 Å². The molecule has 0 bridgehead atoms. The molecule has 16 heteroatoms. The molecule has 0 radical (unpaired) electrons. The predicted molar refractivity (Wildman–Crippen MR) is 220 cm³/mol. The van der Waals surface area contributed by atoms with Gasteiger partial charge in [-0.2, -0.15) is 0 Å². The van der Waals surface area contributed by atoms with Gasteiger partial charge in [0.05, 0.1) is 0 Å². The van der Waals surface area contributed by atoms with Crippen molar-refractivity contribution < 1.29 is 19.2 Å². The Morgan fingerprint density at radius 1 is 0.800 bits per heavy atom. The fourth-order valence-electron chi connectivity index (χ4n) is 7.72. The molecule has 2 atom stereocenters. The van der Waals surface area contributed by atoms with Crippen molar-refractivity contribution in [1.82, 2.24) is 20.9 Å². The van der Waals surface area contributed by atoms with Crippen molar-refractivity contribution in [1.29, 1.82) is 0 Å². The second-order valence-electron chi connectivity index (χ2n) is 15.0. The Morgan fingerprint density at radius 3 is 2.15 bits per heavy atom. The van der Waals surface area contributed by atoms with E-state index in [-0.39, 0.29) is 35.3 Å². The first kappa shape index (κ1) is 45.3. The molecule has 1 saturated heterocycles. The van der Waals surface area contributed by atoms with E-state index in [4.69, 9.17) is 34.5 Å². The third kappa shape index (κ3) is 17.9. The maximum atomic E-state index is 13.2. The summed E-state index contributed by atoms with van der Waals surface area (Å²) in [5.41, 5.74) is 22.4. The van der Waals surface area contributed by atoms with Gasteiger partial charge in [0.2, 0.25) is 11.8 Å². The topological polar surface area (TPSA) is 248 Å². The molecule has 1 aromatic rings. The van der Waals surface area contributed by atoms with Crippen LogP contribution in [0.1, 0.15) is 122 Å². The smallest absolute Gasteiger partial charge is 0.313 e. The number of unbranched alkanes of at least 4 members (excludes halogenated alkanes) is 8. The van der Waals surface area contributed by atoms with Crippen molar-refractivity contribution in [3.63, 3.8) is 0 Å². The van der Waals surface area contributed by atoms with Crippen molar-refractivity contribution in [2.45, 2.75) is 140 Å². The van der Waals surface area contributed by atoms with Gasteiger partial charge in [0.1, 0.15) is 6.04 Å². The molecule has 15 nitrogen and oxygen atoms in total. The highest BCUT2D eigenvalue weighted by atomic mass is 35.5. The zero-order valence-corrected chi connectivity index (χ0v) is 33.4. The molecule has 1 saturated carbocycles. The van der Waals surface area contributed by atoms with E-state index in [9.17, 15) is 19.2 Å². The van der Waals surface area contributed by atoms with Crippen molar-refractivity contribution >= 4 is 52.8 Å². The Morgan fingerprint density at radius 2 is 1.47 bits per heavy atom. The molecule has 1 aliphatic carbocycles. The highest BCUT2D eigenvalue weighted by Crippen LogP contribution is 2.40. The second kappa shape index (κ2) is 25.1. The number of hydrogen-bond acceptors (Lipinski definition) is 7. The van der Waals surface area contributed by atoms with Crippen LogP contribution in [0.4, 0.5) is 5.69 Å². The molecular weight excluding hydrogens is 722 g/mol. The summed E-state index contributed by atoms with van der Waals surface area (Å²) in [5.74, 6) is -1.51. The largest absolute Gasteiger partial charge is 0.370 e. The van der Waals surface area contributed by atoms with Crippen LogP contribution < -0.4 is 44.2 Å². The molecule has 1 unspecified atom stereocenters. The molecule has 3 rings (SSSR count). The van der Waals surface area contributed by atoms with Crippen LogP contribution >= 0.6 is 11.6 Å². The average Bonchev–Trinajstić information content (AvgIpc) is 3.15. The van der Waals surface area contributed by atoms with Gasteiger partial charge in [0.15, 0.2) is 11.9 Å². The van der Waals surface area contributed by atoms with Crippen LogP contribution in [0.25, 0.3) is 0 Å². The fraction of sp³-hybridized carbons (Fsp3) is 0.692. The maximum Gasteiger partial charge on any atom is 0.313 e. The minimum Gasteiger partial charge on any atom is -0.370 e. The number of nitrogens with zero attached hydrogens (tertiary/aromatic N) is 3. The molecule has 12 N–H and O–H groups in total. The van der Waals surface area contributed by atoms with Gasteiger partial charge in [-0.15, -0.1) is 0 Å². The number of likely N-dealkylation sites (tertiary alicyclic amines) is 1. The van der Waals surface area contributed by atoms with Crippen LogP contribution in [0.5, 0.6) is 0 Å². The molecule has 1 aliphatic heterocycles. The number of rotatable bonds is 23. The van der Waals surface area contributed by atoms with Crippen LogP contribution in [0.3, 0.4) is 0 Å². The summed E-state index contributed by atoms with van der Waals surface area (Å²) in [6.45, 7) is 3.07. The highest BCUT2D eigenvalue weighted by Gasteiger charge is 2.43. The van der Waals surface area contributed by atoms with Gasteiger partial charge in [0.25, 0.3) is 0 Å². The Kier molecular flexibility index (Phi) is 20.7. The summed E-state index contributed by atoms with van der Waals surface area (Å²) in [6.07, 6.45) is 17.9. The average molecular weight is 788 g/mol. The number of nitrogens with two attached hydrogens (primary N) is 4. The number of benzene rings is 1. The van der Waals surface area contributed by atoms with Crippen molar-refractivity contribution in [3.05, 3.63) is 29.3 Å². The van der Waals surface area contributed by atoms with Gasteiger partial charge in [-0.3, -0.25) is 29.1 Å². The normalized spacial score (nSPS) is 17.1. The first-order valence-corrected chi connectivity index (χ1v) is 20.7. The lowest BCUT2D eigenvalue weighted by atomic mass is 9.73. The van der Waals surface area contributed by atoms with Gasteiger partial charge >= 0.3 is 11.8 Å². The quantitative estimate of drug-likeness (QED) is 0.0350. The standard InChI is InChI=1S/C39H66ClN11O4/c40-29-16-18-30(19-17-29)48-35(54)36(55)49-31-20-26-51(39(28-31)21-10-7-11-22-39)27-25-46-34(53)32(50-38(43)44)14-9-13-23-45-33(52)15-8-5-3-1-2-4-6-12-24-47-37(41)42/h16-19,31-32H,1-15,20-28H2,(H,45,52)(H,46,53)(H,48,54)(H,49,55)(H4,41,42,47)(H4,43,44,50)/t31?,32-/m0/s1. The van der Waals surface area contributed by atoms with Gasteiger partial charge in [-0.25, -0.2) is 4.99 Å². The third-order valence-corrected chi connectivity index (χ3v) is 10.8. The number of aliphatic imine (C=N–C) groups is 2. The zero-order chi connectivity index (χ0) is 39.9. The van der Waals surface area contributed by atoms with Crippen LogP contribution in [-0.2, 0) is 19.2 Å². The molecule has 2 fully saturated rings. The molecule has 0 aromatic heterocycles. The molecular formula is C39H66ClN11O4. The first-order valence-electron chi connectivity index (χ1n) is 20.3. The zero-order valence-electron chi connectivity index (χ0n) is 32.6. The number of piperidine rings is 1. The predicted octanol–water partition coefficient (Wildman–Crippen LogP) is 3.39. The van der Waals surface area contributed by atoms with E-state index in [1.54, 1.807) is 24.3 Å². The van der Waals surface area contributed by atoms with Crippen LogP contribution in [-0.4, -0.2) is 90.8 Å². The molecule has 1 aromatic carbocycles. The van der Waals surface area contributed by atoms with E-state index in [0.29, 0.717) is 62.6 Å². The minimum atomic E-state index is -0.706. The van der Waals surface area contributed by atoms with Gasteiger partial charge in [0, 0.05) is 61.4 Å². The van der Waals surface area contributed by atoms with Crippen LogP contribution in [0, 0.1) is 0 Å². The maximum absolute atomic E-state index is 13.2. The number of halogens is 1. The summed E-state index contributed by atoms with van der Waals surface area (Å²) < 4.78 is 0. The molecule has 55 heavy (non-hydrogen) atoms. The molecule has 4 amide bonds. The van der Waals surface area contributed by atoms with Crippen molar-refractivity contribution in [2.75, 3.05) is 38.0 Å². The SMILES string of the molecule is NC(N)=NCCCCCCCCCCC(=O)NCCCC[C@H](N=C(N)N)C(=O)NCCN1CCC(NC(=O)C(=O)Nc2ccc(Cl)cc2)CC12CCCCC2. The summed E-state index contributed by atoms with van der Waals surface area (Å²) in [5, 5.41) is 12.2. The Balaban J connectivity index is 1.33. The number of guanidine groups is 2. The monoisotopic (exact) mass is 787 g/mol. The fourth-order valence-corrected chi connectivity index (χ4v) is 7.85. The van der Waals surface area contributed by atoms with Gasteiger partial charge in [-0.05, 0) is 82.1 Å². The molecule has 308 valence electrons. The van der Waals surface area contributed by atoms with E-state index in [1.807, 2.05) is 0 Å². The third-order valence-electron chi connectivity index (χ3n) is 10.6. The van der Waals surface area contributed by atoms with E-state index in [2.05, 4.69) is 36.2 Å². The van der Waals surface area contributed by atoms with E-state index in [0.717, 1.165) is 77.2 Å². The summed E-state index contributed by atoms with van der Waals surface area (Å²) in [7, 11) is 0. The lowest BCUT2D eigenvalue weighted by molar-refractivity contribution is -0.137. The Bertz CT molecular complexity index is 1390. The van der Waals surface area contributed by atoms with Gasteiger partial charge in [-0.1, -0.05) is 69.4 Å². The lowest BCUT2D eigenvalue weighted by Gasteiger charge is -2.52. The molecule has 1 spiro atoms. The van der Waals surface area contributed by atoms with E-state index < -0.39 is 17.9 Å². The number of anilines is 1. The number of carbonyl (C=O) groups excluding carboxylic acids is 4. The van der Waals surface area contributed by atoms with Gasteiger partial charge < -0.3 is 44.2 Å². The Hall–Kier alpha value is -4.11. The van der Waals surface area contributed by atoms with E-state index >= 15 is 0 Å². The first-order chi connectivity index (χ1) is 26.5. The number of amides is 4. The van der Waals surface area contributed by atoms with Crippen molar-refractivity contribution in [3.8, 4) is 0 Å². The summed E-state index contributed by atoms with van der Waals surface area (Å²) >= 11 is 5.93.